The van der Waals surface area contributed by atoms with E-state index in [0.717, 1.165) is 25.7 Å². The zero-order valence-electron chi connectivity index (χ0n) is 13.6. The van der Waals surface area contributed by atoms with Crippen LogP contribution in [0.2, 0.25) is 0 Å². The molecule has 1 aromatic carbocycles. The molecule has 120 valence electrons. The number of rotatable bonds is 10. The summed E-state index contributed by atoms with van der Waals surface area (Å²) in [5.74, 6) is 0.232. The van der Waals surface area contributed by atoms with Crippen molar-refractivity contribution in [3.8, 4) is 5.75 Å². The van der Waals surface area contributed by atoms with E-state index in [0.29, 0.717) is 24.5 Å². The van der Waals surface area contributed by atoms with Crippen LogP contribution in [0.1, 0.15) is 49.9 Å². The molecule has 0 aliphatic heterocycles. The van der Waals surface area contributed by atoms with Crippen molar-refractivity contribution in [1.82, 2.24) is 0 Å². The van der Waals surface area contributed by atoms with Gasteiger partial charge in [-0.3, -0.25) is 0 Å². The van der Waals surface area contributed by atoms with Gasteiger partial charge in [-0.15, -0.1) is 0 Å². The van der Waals surface area contributed by atoms with Gasteiger partial charge >= 0.3 is 5.97 Å². The van der Waals surface area contributed by atoms with Gasteiger partial charge < -0.3 is 9.47 Å². The van der Waals surface area contributed by atoms with Crippen LogP contribution in [0.4, 0.5) is 0 Å². The monoisotopic (exact) mass is 302 g/mol. The molecule has 0 saturated carbocycles. The molecule has 0 amide bonds. The molecule has 0 spiro atoms. The fourth-order valence-corrected chi connectivity index (χ4v) is 1.83. The highest BCUT2D eigenvalue weighted by Gasteiger charge is 2.12. The molecule has 22 heavy (non-hydrogen) atoms. The van der Waals surface area contributed by atoms with Crippen molar-refractivity contribution in [2.75, 3.05) is 13.2 Å². The molecular formula is C19H26O3. The number of unbranched alkanes of at least 4 members (excludes halogenated alkanes) is 1. The summed E-state index contributed by atoms with van der Waals surface area (Å²) < 4.78 is 10.9. The smallest absolute Gasteiger partial charge is 0.341 e. The highest BCUT2D eigenvalue weighted by atomic mass is 16.5. The third kappa shape index (κ3) is 7.11. The lowest BCUT2D eigenvalue weighted by Gasteiger charge is -2.09. The number of hydrogen-bond acceptors (Lipinski definition) is 3. The molecule has 0 atom stereocenters. The van der Waals surface area contributed by atoms with Crippen LogP contribution in [-0.2, 0) is 4.74 Å². The lowest BCUT2D eigenvalue weighted by atomic mass is 10.2. The fraction of sp³-hybridized carbons (Fsp3) is 0.421. The lowest BCUT2D eigenvalue weighted by molar-refractivity contribution is 0.0507. The van der Waals surface area contributed by atoms with E-state index in [4.69, 9.17) is 9.47 Å². The molecule has 0 unspecified atom stereocenters. The van der Waals surface area contributed by atoms with Gasteiger partial charge in [0.25, 0.3) is 0 Å². The van der Waals surface area contributed by atoms with Crippen LogP contribution in [0.15, 0.2) is 48.6 Å². The van der Waals surface area contributed by atoms with Gasteiger partial charge in [0.2, 0.25) is 0 Å². The summed E-state index contributed by atoms with van der Waals surface area (Å²) in [5.41, 5.74) is 0.478. The maximum atomic E-state index is 12.1. The van der Waals surface area contributed by atoms with Crippen molar-refractivity contribution in [2.24, 2.45) is 0 Å². The minimum atomic E-state index is -0.335. The van der Waals surface area contributed by atoms with Crippen molar-refractivity contribution in [3.05, 3.63) is 54.1 Å². The highest BCUT2D eigenvalue weighted by Crippen LogP contribution is 2.19. The molecule has 3 nitrogen and oxygen atoms in total. The average Bonchev–Trinajstić information content (AvgIpc) is 2.54. The van der Waals surface area contributed by atoms with Crippen LogP contribution in [0.5, 0.6) is 5.75 Å². The van der Waals surface area contributed by atoms with E-state index in [-0.39, 0.29) is 5.97 Å². The maximum Gasteiger partial charge on any atom is 0.341 e. The van der Waals surface area contributed by atoms with Crippen LogP contribution in [0, 0.1) is 0 Å². The van der Waals surface area contributed by atoms with Crippen molar-refractivity contribution in [3.63, 3.8) is 0 Å². The van der Waals surface area contributed by atoms with Crippen LogP contribution < -0.4 is 4.74 Å². The molecule has 0 N–H and O–H groups in total. The number of hydrogen-bond donors (Lipinski definition) is 0. The average molecular weight is 302 g/mol. The Balaban J connectivity index is 2.51. The number of para-hydroxylation sites is 1. The number of allylic oxidation sites excluding steroid dienone is 2. The van der Waals surface area contributed by atoms with E-state index < -0.39 is 0 Å². The van der Waals surface area contributed by atoms with E-state index in [9.17, 15) is 4.79 Å². The maximum absolute atomic E-state index is 12.1. The summed E-state index contributed by atoms with van der Waals surface area (Å²) in [6, 6.07) is 7.19. The lowest BCUT2D eigenvalue weighted by Crippen LogP contribution is -2.08. The standard InChI is InChI=1S/C19H26O3/c1-3-5-7-11-15-21-18-14-10-9-13-17(18)19(20)22-16-12-8-6-4-2/h6-11,13-14H,3-5,12,15-16H2,1-2H3/b8-6-,11-7?. The third-order valence-corrected chi connectivity index (χ3v) is 2.98. The van der Waals surface area contributed by atoms with Crippen molar-refractivity contribution < 1.29 is 14.3 Å². The van der Waals surface area contributed by atoms with Gasteiger partial charge in [-0.05, 0) is 31.4 Å². The topological polar surface area (TPSA) is 35.5 Å². The molecule has 0 saturated heterocycles. The molecule has 0 bridgehead atoms. The Morgan fingerprint density at radius 2 is 1.82 bits per heavy atom. The van der Waals surface area contributed by atoms with Crippen molar-refractivity contribution in [2.45, 2.75) is 39.5 Å². The number of esters is 1. The second-order valence-electron chi connectivity index (χ2n) is 4.87. The predicted octanol–water partition coefficient (Wildman–Crippen LogP) is 4.93. The Hall–Kier alpha value is -2.03. The van der Waals surface area contributed by atoms with Gasteiger partial charge in [-0.2, -0.15) is 0 Å². The molecule has 0 fully saturated rings. The first-order valence-corrected chi connectivity index (χ1v) is 7.98. The zero-order valence-corrected chi connectivity index (χ0v) is 13.6. The third-order valence-electron chi connectivity index (χ3n) is 2.98. The molecule has 0 aliphatic rings. The fourth-order valence-electron chi connectivity index (χ4n) is 1.83. The first-order chi connectivity index (χ1) is 10.8. The number of benzene rings is 1. The first kappa shape index (κ1) is 18.0. The summed E-state index contributed by atoms with van der Waals surface area (Å²) in [6.45, 7) is 5.06. The molecule has 0 radical (unpaired) electrons. The van der Waals surface area contributed by atoms with Crippen LogP contribution >= 0.6 is 0 Å². The van der Waals surface area contributed by atoms with Crippen LogP contribution in [0.25, 0.3) is 0 Å². The van der Waals surface area contributed by atoms with Gasteiger partial charge in [0.1, 0.15) is 17.9 Å². The van der Waals surface area contributed by atoms with Crippen LogP contribution in [0.3, 0.4) is 0 Å². The summed E-state index contributed by atoms with van der Waals surface area (Å²) in [4.78, 5) is 12.1. The molecule has 1 aromatic rings. The van der Waals surface area contributed by atoms with E-state index in [2.05, 4.69) is 26.0 Å². The Kier molecular flexibility index (Phi) is 9.51. The van der Waals surface area contributed by atoms with Gasteiger partial charge in [-0.25, -0.2) is 4.79 Å². The molecular weight excluding hydrogens is 276 g/mol. The molecule has 0 heterocycles. The molecule has 0 aromatic heterocycles. The predicted molar refractivity (Wildman–Crippen MR) is 90.3 cm³/mol. The Labute approximate surface area is 133 Å². The summed E-state index contributed by atoms with van der Waals surface area (Å²) in [7, 11) is 0. The number of carbonyl (C=O) groups is 1. The molecule has 0 aliphatic carbocycles. The van der Waals surface area contributed by atoms with Crippen molar-refractivity contribution >= 4 is 5.97 Å². The molecule has 3 heteroatoms. The summed E-state index contributed by atoms with van der Waals surface area (Å²) in [6.07, 6.45) is 12.0. The van der Waals surface area contributed by atoms with Crippen LogP contribution in [-0.4, -0.2) is 19.2 Å². The SMILES string of the molecule is CC/C=C\CCOC(=O)c1ccccc1OCC=CCCC. The van der Waals surface area contributed by atoms with E-state index in [1.54, 1.807) is 12.1 Å². The zero-order chi connectivity index (χ0) is 16.0. The minimum absolute atomic E-state index is 0.335. The van der Waals surface area contributed by atoms with Gasteiger partial charge in [-0.1, -0.05) is 56.7 Å². The quantitative estimate of drug-likeness (QED) is 0.349. The second kappa shape index (κ2) is 11.6. The number of carbonyl (C=O) groups excluding carboxylic acids is 1. The largest absolute Gasteiger partial charge is 0.489 e. The molecule has 1 rings (SSSR count). The van der Waals surface area contributed by atoms with E-state index >= 15 is 0 Å². The van der Waals surface area contributed by atoms with Gasteiger partial charge in [0, 0.05) is 0 Å². The Bertz CT molecular complexity index is 489. The highest BCUT2D eigenvalue weighted by molar-refractivity contribution is 5.92. The number of ether oxygens (including phenoxy) is 2. The Morgan fingerprint density at radius 1 is 1.05 bits per heavy atom. The van der Waals surface area contributed by atoms with E-state index in [1.165, 1.54) is 0 Å². The summed E-state index contributed by atoms with van der Waals surface area (Å²) in [5, 5.41) is 0. The second-order valence-corrected chi connectivity index (χ2v) is 4.87. The normalized spacial score (nSPS) is 11.2. The first-order valence-electron chi connectivity index (χ1n) is 7.98. The minimum Gasteiger partial charge on any atom is -0.489 e. The van der Waals surface area contributed by atoms with E-state index in [1.807, 2.05) is 24.3 Å². The van der Waals surface area contributed by atoms with Gasteiger partial charge in [0.15, 0.2) is 0 Å². The Morgan fingerprint density at radius 3 is 2.59 bits per heavy atom. The summed E-state index contributed by atoms with van der Waals surface area (Å²) >= 11 is 0. The van der Waals surface area contributed by atoms with Gasteiger partial charge in [0.05, 0.1) is 6.61 Å². The van der Waals surface area contributed by atoms with Crippen molar-refractivity contribution in [1.29, 1.82) is 0 Å².